The molecule has 0 amide bonds. The van der Waals surface area contributed by atoms with E-state index in [-0.39, 0.29) is 41.8 Å². The Bertz CT molecular complexity index is 1320. The molecule has 4 N–H and O–H groups in total. The van der Waals surface area contributed by atoms with Crippen molar-refractivity contribution in [3.63, 3.8) is 0 Å². The van der Waals surface area contributed by atoms with E-state index in [1.54, 1.807) is 19.1 Å². The van der Waals surface area contributed by atoms with Gasteiger partial charge in [-0.15, -0.1) is 0 Å². The molecule has 0 aliphatic carbocycles. The second-order valence-electron chi connectivity index (χ2n) is 17.9. The van der Waals surface area contributed by atoms with E-state index in [0.29, 0.717) is 57.8 Å². The van der Waals surface area contributed by atoms with Crippen molar-refractivity contribution in [2.24, 2.45) is 41.4 Å². The Morgan fingerprint density at radius 3 is 2.17 bits per heavy atom. The fraction of sp³-hybridized carbons (Fsp3) is 0.905. The smallest absolute Gasteiger partial charge is 0.309 e. The van der Waals surface area contributed by atoms with Crippen LogP contribution >= 0.6 is 0 Å². The van der Waals surface area contributed by atoms with Gasteiger partial charge < -0.3 is 44.1 Å². The maximum atomic E-state index is 14.4. The molecule has 0 aromatic rings. The SMILES string of the molecule is CC[C@H](C(=O)[C@@H](C)[C@@H](O)[C@H](C)[C@@H]1O[C@@H]([C@@H](CC)C(=O)O)CC[C@@H]1C)[C@H]1O[C@]2(C=C[C@@H](O)[C@]3(CC[C@@](C)([C@H]4CC[C@](O)(CC)[C@H](C)O4)O3)O2)[C@H](C)C[C@@H]1C. The summed E-state index contributed by atoms with van der Waals surface area (Å²) in [6.07, 6.45) is 5.51. The molecule has 0 aromatic carbocycles. The monoisotopic (exact) mass is 750 g/mol. The van der Waals surface area contributed by atoms with Crippen molar-refractivity contribution >= 4 is 11.8 Å². The Labute approximate surface area is 317 Å². The first-order valence-electron chi connectivity index (χ1n) is 20.7. The largest absolute Gasteiger partial charge is 0.481 e. The van der Waals surface area contributed by atoms with Gasteiger partial charge in [-0.3, -0.25) is 9.59 Å². The highest BCUT2D eigenvalue weighted by molar-refractivity contribution is 5.84. The van der Waals surface area contributed by atoms with Crippen molar-refractivity contribution in [1.29, 1.82) is 0 Å². The molecule has 0 aromatic heterocycles. The van der Waals surface area contributed by atoms with Crippen LogP contribution in [0.5, 0.6) is 0 Å². The first-order chi connectivity index (χ1) is 24.8. The van der Waals surface area contributed by atoms with Crippen LogP contribution in [0.3, 0.4) is 0 Å². The Hall–Kier alpha value is -1.44. The summed E-state index contributed by atoms with van der Waals surface area (Å²) in [4.78, 5) is 26.4. The molecule has 0 radical (unpaired) electrons. The summed E-state index contributed by atoms with van der Waals surface area (Å²) in [7, 11) is 0. The van der Waals surface area contributed by atoms with Gasteiger partial charge in [0.25, 0.3) is 0 Å². The summed E-state index contributed by atoms with van der Waals surface area (Å²) in [5.41, 5.74) is -1.63. The highest BCUT2D eigenvalue weighted by Crippen LogP contribution is 2.54. The number of carboxylic acids is 1. The van der Waals surface area contributed by atoms with Crippen molar-refractivity contribution < 1.29 is 53.7 Å². The second kappa shape index (κ2) is 16.2. The Morgan fingerprint density at radius 1 is 0.887 bits per heavy atom. The number of aliphatic hydroxyl groups is 3. The molecule has 18 atom stereocenters. The van der Waals surface area contributed by atoms with E-state index in [0.717, 1.165) is 6.42 Å². The normalized spacial score (nSPS) is 46.2. The topological polar surface area (TPSA) is 161 Å². The summed E-state index contributed by atoms with van der Waals surface area (Å²) in [6.45, 7) is 19.6. The van der Waals surface area contributed by atoms with E-state index >= 15 is 0 Å². The third kappa shape index (κ3) is 7.94. The summed E-state index contributed by atoms with van der Waals surface area (Å²) in [5.74, 6) is -5.78. The van der Waals surface area contributed by atoms with Gasteiger partial charge in [0.15, 0.2) is 5.79 Å². The molecule has 0 saturated carbocycles. The van der Waals surface area contributed by atoms with Crippen LogP contribution in [0.4, 0.5) is 0 Å². The average molecular weight is 751 g/mol. The van der Waals surface area contributed by atoms with Crippen LogP contribution in [0.25, 0.3) is 0 Å². The summed E-state index contributed by atoms with van der Waals surface area (Å²) < 4.78 is 33.5. The lowest BCUT2D eigenvalue weighted by Gasteiger charge is -2.54. The third-order valence-electron chi connectivity index (χ3n) is 14.4. The lowest BCUT2D eigenvalue weighted by Crippen LogP contribution is -2.63. The Balaban J connectivity index is 1.31. The number of ether oxygens (including phenoxy) is 5. The Kier molecular flexibility index (Phi) is 13.0. The molecule has 4 fully saturated rings. The van der Waals surface area contributed by atoms with Crippen LogP contribution in [0.2, 0.25) is 0 Å². The van der Waals surface area contributed by atoms with Crippen molar-refractivity contribution in [2.45, 2.75) is 199 Å². The summed E-state index contributed by atoms with van der Waals surface area (Å²) in [6, 6.07) is 0. The number of carbonyl (C=O) groups excluding carboxylic acids is 1. The molecule has 304 valence electrons. The maximum absolute atomic E-state index is 14.4. The first-order valence-corrected chi connectivity index (χ1v) is 20.7. The molecule has 5 aliphatic heterocycles. The van der Waals surface area contributed by atoms with Gasteiger partial charge in [0.2, 0.25) is 5.79 Å². The number of carboxylic acid groups (broad SMARTS) is 1. The number of aliphatic carboxylic acids is 1. The molecular weight excluding hydrogens is 680 g/mol. The number of Topliss-reactive ketones (excluding diaryl/α,β-unsaturated/α-hetero) is 1. The van der Waals surface area contributed by atoms with Crippen molar-refractivity contribution in [1.82, 2.24) is 0 Å². The minimum Gasteiger partial charge on any atom is -0.481 e. The van der Waals surface area contributed by atoms with Crippen LogP contribution in [0.1, 0.15) is 133 Å². The number of hydrogen-bond acceptors (Lipinski definition) is 10. The number of ketones is 1. The predicted molar refractivity (Wildman–Crippen MR) is 199 cm³/mol. The average Bonchev–Trinajstić information content (AvgIpc) is 3.47. The van der Waals surface area contributed by atoms with Gasteiger partial charge in [0.05, 0.1) is 53.7 Å². The molecule has 5 aliphatic rings. The predicted octanol–water partition coefficient (Wildman–Crippen LogP) is 6.19. The maximum Gasteiger partial charge on any atom is 0.309 e. The van der Waals surface area contributed by atoms with Gasteiger partial charge in [-0.1, -0.05) is 55.4 Å². The minimum absolute atomic E-state index is 0.0137. The molecule has 2 spiro atoms. The quantitative estimate of drug-likeness (QED) is 0.169. The number of carbonyl (C=O) groups is 2. The van der Waals surface area contributed by atoms with Gasteiger partial charge in [0.1, 0.15) is 11.9 Å². The molecule has 4 saturated heterocycles. The molecule has 0 bridgehead atoms. The standard InChI is InChI=1S/C42H70O11/c1-11-29(38(46)47)31-15-14-23(4)36(50-31)27(8)34(44)26(7)35(45)30(12-2)37-24(5)22-25(6)41(51-37)19-16-32(43)42(53-41)21-20-39(10,52-42)33-17-18-40(48,13-3)28(9)49-33/h16,19,23-34,36-37,43-44,48H,11-15,17-18,20-22H2,1-10H3,(H,46,47)/t23-,24-,25+,26-,27-,28-,29+,30+,31+,32+,33+,34+,36+,37-,39-,40+,41-,42-/m0/s1. The van der Waals surface area contributed by atoms with Crippen LogP contribution < -0.4 is 0 Å². The van der Waals surface area contributed by atoms with E-state index in [4.69, 9.17) is 23.7 Å². The number of hydrogen-bond donors (Lipinski definition) is 4. The van der Waals surface area contributed by atoms with Gasteiger partial charge in [-0.25, -0.2) is 0 Å². The summed E-state index contributed by atoms with van der Waals surface area (Å²) >= 11 is 0. The molecule has 11 nitrogen and oxygen atoms in total. The van der Waals surface area contributed by atoms with E-state index in [1.165, 1.54) is 0 Å². The second-order valence-corrected chi connectivity index (χ2v) is 17.9. The van der Waals surface area contributed by atoms with Crippen molar-refractivity contribution in [3.8, 4) is 0 Å². The Morgan fingerprint density at radius 2 is 1.57 bits per heavy atom. The van der Waals surface area contributed by atoms with E-state index in [2.05, 4.69) is 20.8 Å². The highest BCUT2D eigenvalue weighted by Gasteiger charge is 2.63. The van der Waals surface area contributed by atoms with E-state index in [1.807, 2.05) is 41.5 Å². The number of rotatable bonds is 12. The van der Waals surface area contributed by atoms with Gasteiger partial charge >= 0.3 is 5.97 Å². The van der Waals surface area contributed by atoms with Crippen LogP contribution in [0.15, 0.2) is 12.2 Å². The zero-order chi connectivity index (χ0) is 39.3. The third-order valence-corrected chi connectivity index (χ3v) is 14.4. The van der Waals surface area contributed by atoms with E-state index in [9.17, 15) is 30.0 Å². The minimum atomic E-state index is -1.37. The van der Waals surface area contributed by atoms with Crippen LogP contribution in [-0.2, 0) is 33.3 Å². The van der Waals surface area contributed by atoms with Gasteiger partial charge in [-0.2, -0.15) is 0 Å². The highest BCUT2D eigenvalue weighted by atomic mass is 16.8. The first kappa shape index (κ1) is 42.7. The van der Waals surface area contributed by atoms with Crippen molar-refractivity contribution in [3.05, 3.63) is 12.2 Å². The number of aliphatic hydroxyl groups excluding tert-OH is 2. The fourth-order valence-electron chi connectivity index (χ4n) is 10.5. The van der Waals surface area contributed by atoms with Gasteiger partial charge in [0, 0.05) is 30.1 Å². The molecular formula is C42H70O11. The van der Waals surface area contributed by atoms with Crippen LogP contribution in [-0.4, -0.2) is 97.7 Å². The van der Waals surface area contributed by atoms with Gasteiger partial charge in [-0.05, 0) is 95.6 Å². The van der Waals surface area contributed by atoms with E-state index < -0.39 is 76.8 Å². The molecule has 5 rings (SSSR count). The van der Waals surface area contributed by atoms with Crippen molar-refractivity contribution in [2.75, 3.05) is 0 Å². The zero-order valence-corrected chi connectivity index (χ0v) is 34.0. The fourth-order valence-corrected chi connectivity index (χ4v) is 10.5. The lowest BCUT2D eigenvalue weighted by atomic mass is 9.72. The summed E-state index contributed by atoms with van der Waals surface area (Å²) in [5, 5.41) is 44.0. The molecule has 5 heterocycles. The van der Waals surface area contributed by atoms with Crippen LogP contribution in [0, 0.1) is 41.4 Å². The molecule has 11 heteroatoms. The lowest BCUT2D eigenvalue weighted by molar-refractivity contribution is -0.409. The molecule has 0 unspecified atom stereocenters. The molecule has 53 heavy (non-hydrogen) atoms. The zero-order valence-electron chi connectivity index (χ0n) is 34.0.